The first-order valence-electron chi connectivity index (χ1n) is 7.61. The summed E-state index contributed by atoms with van der Waals surface area (Å²) in [5.41, 5.74) is 2.62. The molecule has 0 fully saturated rings. The Morgan fingerprint density at radius 2 is 1.70 bits per heavy atom. The van der Waals surface area contributed by atoms with Crippen LogP contribution < -0.4 is 5.32 Å². The van der Waals surface area contributed by atoms with Crippen molar-refractivity contribution in [2.24, 2.45) is 0 Å². The van der Waals surface area contributed by atoms with Gasteiger partial charge in [0.1, 0.15) is 0 Å². The molecule has 0 saturated heterocycles. The van der Waals surface area contributed by atoms with Gasteiger partial charge in [-0.3, -0.25) is 9.69 Å². The summed E-state index contributed by atoms with van der Waals surface area (Å²) in [4.78, 5) is 14.7. The van der Waals surface area contributed by atoms with Crippen LogP contribution in [0.3, 0.4) is 0 Å². The molecule has 2 aromatic carbocycles. The quantitative estimate of drug-likeness (QED) is 0.661. The Morgan fingerprint density at radius 3 is 2.30 bits per heavy atom. The van der Waals surface area contributed by atoms with E-state index in [1.807, 2.05) is 42.5 Å². The van der Waals surface area contributed by atoms with Gasteiger partial charge in [-0.05, 0) is 64.9 Å². The van der Waals surface area contributed by atoms with Crippen LogP contribution >= 0.6 is 31.9 Å². The zero-order chi connectivity index (χ0) is 16.8. The van der Waals surface area contributed by atoms with Crippen LogP contribution in [0.2, 0.25) is 0 Å². The first-order valence-corrected chi connectivity index (χ1v) is 9.19. The molecule has 5 heteroatoms. The van der Waals surface area contributed by atoms with Crippen molar-refractivity contribution < 1.29 is 4.79 Å². The van der Waals surface area contributed by atoms with E-state index in [2.05, 4.69) is 55.9 Å². The fraction of sp³-hybridized carbons (Fsp3) is 0.278. The van der Waals surface area contributed by atoms with Gasteiger partial charge in [0.2, 0.25) is 0 Å². The topological polar surface area (TPSA) is 32.3 Å². The summed E-state index contributed by atoms with van der Waals surface area (Å²) >= 11 is 6.86. The van der Waals surface area contributed by atoms with Crippen LogP contribution in [-0.4, -0.2) is 23.9 Å². The molecular weight excluding hydrogens is 420 g/mol. The molecule has 0 unspecified atom stereocenters. The van der Waals surface area contributed by atoms with E-state index in [-0.39, 0.29) is 5.91 Å². The molecule has 2 rings (SSSR count). The van der Waals surface area contributed by atoms with Gasteiger partial charge in [0.05, 0.1) is 5.69 Å². The summed E-state index contributed by atoms with van der Waals surface area (Å²) < 4.78 is 1.78. The highest BCUT2D eigenvalue weighted by Gasteiger charge is 2.09. The van der Waals surface area contributed by atoms with E-state index >= 15 is 0 Å². The second-order valence-corrected chi connectivity index (χ2v) is 7.01. The van der Waals surface area contributed by atoms with E-state index in [0.29, 0.717) is 5.56 Å². The van der Waals surface area contributed by atoms with Crippen molar-refractivity contribution in [2.75, 3.05) is 18.4 Å². The van der Waals surface area contributed by atoms with Crippen LogP contribution in [0, 0.1) is 0 Å². The summed E-state index contributed by atoms with van der Waals surface area (Å²) in [5, 5.41) is 2.92. The Balaban J connectivity index is 2.07. The Morgan fingerprint density at radius 1 is 1.04 bits per heavy atom. The molecule has 3 nitrogen and oxygen atoms in total. The van der Waals surface area contributed by atoms with Crippen LogP contribution in [0.1, 0.15) is 29.8 Å². The Labute approximate surface area is 154 Å². The molecule has 2 aromatic rings. The second-order valence-electron chi connectivity index (χ2n) is 5.24. The minimum Gasteiger partial charge on any atom is -0.321 e. The third kappa shape index (κ3) is 5.16. The van der Waals surface area contributed by atoms with E-state index in [4.69, 9.17) is 0 Å². The number of hydrogen-bond donors (Lipinski definition) is 1. The van der Waals surface area contributed by atoms with Gasteiger partial charge >= 0.3 is 0 Å². The minimum atomic E-state index is -0.113. The number of anilines is 1. The molecule has 0 saturated carbocycles. The number of nitrogens with one attached hydrogen (secondary N) is 1. The fourth-order valence-electron chi connectivity index (χ4n) is 2.25. The zero-order valence-electron chi connectivity index (χ0n) is 13.3. The van der Waals surface area contributed by atoms with Gasteiger partial charge in [0.25, 0.3) is 5.91 Å². The Kier molecular flexibility index (Phi) is 6.81. The molecule has 1 amide bonds. The normalized spacial score (nSPS) is 10.8. The van der Waals surface area contributed by atoms with Crippen LogP contribution in [0.5, 0.6) is 0 Å². The maximum Gasteiger partial charge on any atom is 0.255 e. The van der Waals surface area contributed by atoms with Crippen molar-refractivity contribution in [1.29, 1.82) is 0 Å². The maximum absolute atomic E-state index is 12.4. The van der Waals surface area contributed by atoms with E-state index in [1.54, 1.807) is 0 Å². The highest BCUT2D eigenvalue weighted by Crippen LogP contribution is 2.26. The summed E-state index contributed by atoms with van der Waals surface area (Å²) in [6.45, 7) is 7.26. The maximum atomic E-state index is 12.4. The molecule has 0 radical (unpaired) electrons. The largest absolute Gasteiger partial charge is 0.321 e. The molecule has 0 heterocycles. The number of amides is 1. The van der Waals surface area contributed by atoms with Crippen molar-refractivity contribution in [2.45, 2.75) is 20.4 Å². The molecule has 0 spiro atoms. The van der Waals surface area contributed by atoms with Crippen LogP contribution in [0.15, 0.2) is 51.4 Å². The second kappa shape index (κ2) is 8.62. The number of benzene rings is 2. The molecule has 0 aliphatic rings. The average Bonchev–Trinajstić information content (AvgIpc) is 2.56. The van der Waals surface area contributed by atoms with Gasteiger partial charge in [0.15, 0.2) is 0 Å². The Bertz CT molecular complexity index is 667. The SMILES string of the molecule is CCN(CC)Cc1ccc(C(=O)Nc2cc(Br)ccc2Br)cc1. The predicted molar refractivity (Wildman–Crippen MR) is 103 cm³/mol. The van der Waals surface area contributed by atoms with E-state index < -0.39 is 0 Å². The van der Waals surface area contributed by atoms with Crippen molar-refractivity contribution >= 4 is 43.5 Å². The van der Waals surface area contributed by atoms with Crippen molar-refractivity contribution in [3.05, 3.63) is 62.5 Å². The molecule has 122 valence electrons. The van der Waals surface area contributed by atoms with E-state index in [1.165, 1.54) is 5.56 Å². The fourth-order valence-corrected chi connectivity index (χ4v) is 2.96. The standard InChI is InChI=1S/C18H20Br2N2O/c1-3-22(4-2)12-13-5-7-14(8-6-13)18(23)21-17-11-15(19)9-10-16(17)20/h5-11H,3-4,12H2,1-2H3,(H,21,23). The first-order chi connectivity index (χ1) is 11.0. The van der Waals surface area contributed by atoms with Gasteiger partial charge in [-0.1, -0.05) is 41.9 Å². The number of halogens is 2. The van der Waals surface area contributed by atoms with Crippen molar-refractivity contribution in [3.63, 3.8) is 0 Å². The lowest BCUT2D eigenvalue weighted by Gasteiger charge is -2.18. The molecule has 0 aliphatic heterocycles. The van der Waals surface area contributed by atoms with Crippen molar-refractivity contribution in [3.8, 4) is 0 Å². The summed E-state index contributed by atoms with van der Waals surface area (Å²) in [6.07, 6.45) is 0. The summed E-state index contributed by atoms with van der Waals surface area (Å²) in [6, 6.07) is 13.5. The lowest BCUT2D eigenvalue weighted by Crippen LogP contribution is -2.22. The van der Waals surface area contributed by atoms with Gasteiger partial charge in [-0.15, -0.1) is 0 Å². The van der Waals surface area contributed by atoms with Gasteiger partial charge in [-0.2, -0.15) is 0 Å². The molecule has 0 aliphatic carbocycles. The van der Waals surface area contributed by atoms with Crippen LogP contribution in [0.4, 0.5) is 5.69 Å². The van der Waals surface area contributed by atoms with Crippen molar-refractivity contribution in [1.82, 2.24) is 4.90 Å². The van der Waals surface area contributed by atoms with Gasteiger partial charge < -0.3 is 5.32 Å². The monoisotopic (exact) mass is 438 g/mol. The summed E-state index contributed by atoms with van der Waals surface area (Å²) in [7, 11) is 0. The third-order valence-electron chi connectivity index (χ3n) is 3.69. The smallest absolute Gasteiger partial charge is 0.255 e. The highest BCUT2D eigenvalue weighted by atomic mass is 79.9. The lowest BCUT2D eigenvalue weighted by atomic mass is 10.1. The van der Waals surface area contributed by atoms with Gasteiger partial charge in [0, 0.05) is 21.1 Å². The van der Waals surface area contributed by atoms with Crippen LogP contribution in [-0.2, 0) is 6.54 Å². The van der Waals surface area contributed by atoms with Crippen LogP contribution in [0.25, 0.3) is 0 Å². The highest BCUT2D eigenvalue weighted by molar-refractivity contribution is 9.11. The first kappa shape index (κ1) is 18.2. The minimum absolute atomic E-state index is 0.113. The number of rotatable bonds is 6. The third-order valence-corrected chi connectivity index (χ3v) is 4.88. The average molecular weight is 440 g/mol. The lowest BCUT2D eigenvalue weighted by molar-refractivity contribution is 0.102. The molecule has 0 atom stereocenters. The summed E-state index contributed by atoms with van der Waals surface area (Å²) in [5.74, 6) is -0.113. The number of nitrogens with zero attached hydrogens (tertiary/aromatic N) is 1. The molecule has 0 bridgehead atoms. The molecular formula is C18H20Br2N2O. The number of hydrogen-bond acceptors (Lipinski definition) is 2. The zero-order valence-corrected chi connectivity index (χ0v) is 16.4. The van der Waals surface area contributed by atoms with E-state index in [0.717, 1.165) is 34.3 Å². The molecule has 1 N–H and O–H groups in total. The Hall–Kier alpha value is -1.17. The van der Waals surface area contributed by atoms with E-state index in [9.17, 15) is 4.79 Å². The number of carbonyl (C=O) groups excluding carboxylic acids is 1. The molecule has 23 heavy (non-hydrogen) atoms. The predicted octanol–water partition coefficient (Wildman–Crippen LogP) is 5.31. The molecule has 0 aromatic heterocycles. The van der Waals surface area contributed by atoms with Gasteiger partial charge in [-0.25, -0.2) is 0 Å². The number of carbonyl (C=O) groups is 1.